The van der Waals surface area contributed by atoms with Crippen LogP contribution in [0, 0.1) is 0 Å². The molecule has 3 N–H and O–H groups in total. The first-order valence-corrected chi connectivity index (χ1v) is 9.22. The molecule has 1 aliphatic rings. The van der Waals surface area contributed by atoms with Gasteiger partial charge >= 0.3 is 0 Å². The maximum Gasteiger partial charge on any atom is 0.227 e. The molecule has 130 valence electrons. The summed E-state index contributed by atoms with van der Waals surface area (Å²) in [7, 11) is 0. The van der Waals surface area contributed by atoms with Crippen LogP contribution in [0.4, 0.5) is 11.6 Å². The average molecular weight is 404 g/mol. The van der Waals surface area contributed by atoms with E-state index in [2.05, 4.69) is 36.6 Å². The second-order valence-corrected chi connectivity index (χ2v) is 7.18. The Balaban J connectivity index is 1.61. The number of nitrogens with zero attached hydrogens (tertiary/aromatic N) is 4. The highest BCUT2D eigenvalue weighted by Crippen LogP contribution is 2.26. The zero-order valence-electron chi connectivity index (χ0n) is 13.7. The summed E-state index contributed by atoms with van der Waals surface area (Å²) in [6.45, 7) is 0.570. The van der Waals surface area contributed by atoms with E-state index < -0.39 is 0 Å². The zero-order chi connectivity index (χ0) is 17.2. The standard InChI is InChI=1S/C17H20BrN6O/c18-14-10-20-24-16(19-9-12-4-3-7-23(25)11-12)8-15(22-17(14)24)21-13-5-1-2-6-13/h3-4,7-8,10-11,13,19,25H,1-2,5-6,9H2,(H,21,22)/q+1. The van der Waals surface area contributed by atoms with Gasteiger partial charge in [-0.25, -0.2) is 4.98 Å². The van der Waals surface area contributed by atoms with Gasteiger partial charge in [-0.2, -0.15) is 9.61 Å². The Labute approximate surface area is 153 Å². The molecule has 3 heterocycles. The van der Waals surface area contributed by atoms with Gasteiger partial charge in [-0.05, 0) is 34.8 Å². The summed E-state index contributed by atoms with van der Waals surface area (Å²) in [6, 6.07) is 6.23. The van der Waals surface area contributed by atoms with E-state index in [-0.39, 0.29) is 0 Å². The van der Waals surface area contributed by atoms with E-state index in [1.807, 2.05) is 12.1 Å². The topological polar surface area (TPSA) is 78.4 Å². The molecule has 0 unspecified atom stereocenters. The maximum atomic E-state index is 9.53. The third-order valence-corrected chi connectivity index (χ3v) is 5.02. The highest BCUT2D eigenvalue weighted by atomic mass is 79.9. The van der Waals surface area contributed by atoms with E-state index in [9.17, 15) is 5.21 Å². The molecule has 0 spiro atoms. The lowest BCUT2D eigenvalue weighted by Crippen LogP contribution is -2.29. The van der Waals surface area contributed by atoms with Gasteiger partial charge in [-0.3, -0.25) is 5.21 Å². The molecule has 0 radical (unpaired) electrons. The van der Waals surface area contributed by atoms with Gasteiger partial charge in [0.2, 0.25) is 12.4 Å². The Morgan fingerprint density at radius 3 is 3.00 bits per heavy atom. The molecule has 0 bridgehead atoms. The van der Waals surface area contributed by atoms with Gasteiger partial charge in [0.05, 0.1) is 10.7 Å². The van der Waals surface area contributed by atoms with E-state index in [1.54, 1.807) is 29.2 Å². The van der Waals surface area contributed by atoms with Crippen molar-refractivity contribution in [2.75, 3.05) is 10.6 Å². The van der Waals surface area contributed by atoms with Crippen molar-refractivity contribution in [3.05, 3.63) is 46.8 Å². The number of hydrogen-bond donors (Lipinski definition) is 3. The van der Waals surface area contributed by atoms with Crippen molar-refractivity contribution in [3.8, 4) is 0 Å². The van der Waals surface area contributed by atoms with Gasteiger partial charge in [-0.15, -0.1) is 0 Å². The molecule has 8 heteroatoms. The molecule has 25 heavy (non-hydrogen) atoms. The first-order chi connectivity index (χ1) is 12.2. The maximum absolute atomic E-state index is 9.53. The van der Waals surface area contributed by atoms with Crippen molar-refractivity contribution in [3.63, 3.8) is 0 Å². The molecule has 0 amide bonds. The van der Waals surface area contributed by atoms with Crippen molar-refractivity contribution in [1.82, 2.24) is 14.6 Å². The van der Waals surface area contributed by atoms with E-state index in [1.165, 1.54) is 25.7 Å². The second kappa shape index (κ2) is 6.87. The lowest BCUT2D eigenvalue weighted by atomic mass is 10.2. The highest BCUT2D eigenvalue weighted by molar-refractivity contribution is 9.10. The Kier molecular flexibility index (Phi) is 4.44. The fourth-order valence-corrected chi connectivity index (χ4v) is 3.57. The number of halogens is 1. The van der Waals surface area contributed by atoms with Gasteiger partial charge in [0.1, 0.15) is 11.6 Å². The molecule has 7 nitrogen and oxygen atoms in total. The van der Waals surface area contributed by atoms with Crippen LogP contribution in [0.15, 0.2) is 41.3 Å². The number of nitrogens with one attached hydrogen (secondary N) is 2. The van der Waals surface area contributed by atoms with Crippen LogP contribution < -0.4 is 15.4 Å². The number of aromatic nitrogens is 4. The van der Waals surface area contributed by atoms with Crippen LogP contribution in [0.5, 0.6) is 0 Å². The summed E-state index contributed by atoms with van der Waals surface area (Å²) in [5.74, 6) is 1.71. The molecule has 0 aliphatic heterocycles. The van der Waals surface area contributed by atoms with Crippen LogP contribution in [0.1, 0.15) is 31.2 Å². The number of hydrogen-bond acceptors (Lipinski definition) is 5. The van der Waals surface area contributed by atoms with Crippen LogP contribution >= 0.6 is 15.9 Å². The molecule has 3 aromatic heterocycles. The van der Waals surface area contributed by atoms with Crippen molar-refractivity contribution >= 4 is 33.2 Å². The van der Waals surface area contributed by atoms with E-state index in [4.69, 9.17) is 0 Å². The first-order valence-electron chi connectivity index (χ1n) is 8.43. The summed E-state index contributed by atoms with van der Waals surface area (Å²) >= 11 is 3.52. The molecule has 1 saturated carbocycles. The average Bonchev–Trinajstić information content (AvgIpc) is 3.23. The van der Waals surface area contributed by atoms with Crippen molar-refractivity contribution < 1.29 is 9.94 Å². The Morgan fingerprint density at radius 2 is 2.20 bits per heavy atom. The number of rotatable bonds is 5. The minimum atomic E-state index is 0.493. The van der Waals surface area contributed by atoms with Crippen LogP contribution in [0.2, 0.25) is 0 Å². The molecule has 0 atom stereocenters. The minimum Gasteiger partial charge on any atom is -0.367 e. The normalized spacial score (nSPS) is 14.9. The monoisotopic (exact) mass is 403 g/mol. The molecule has 4 rings (SSSR count). The van der Waals surface area contributed by atoms with Crippen LogP contribution in [0.3, 0.4) is 0 Å². The Hall–Kier alpha value is -2.35. The summed E-state index contributed by atoms with van der Waals surface area (Å²) in [5, 5.41) is 20.8. The van der Waals surface area contributed by atoms with Gasteiger partial charge in [-0.1, -0.05) is 12.8 Å². The van der Waals surface area contributed by atoms with Gasteiger partial charge < -0.3 is 10.6 Å². The van der Waals surface area contributed by atoms with E-state index in [0.717, 1.165) is 32.0 Å². The summed E-state index contributed by atoms with van der Waals surface area (Å²) in [6.07, 6.45) is 9.93. The van der Waals surface area contributed by atoms with Crippen molar-refractivity contribution in [1.29, 1.82) is 0 Å². The van der Waals surface area contributed by atoms with Crippen LogP contribution in [0.25, 0.3) is 5.65 Å². The van der Waals surface area contributed by atoms with Crippen molar-refractivity contribution in [2.24, 2.45) is 0 Å². The predicted octanol–water partition coefficient (Wildman–Crippen LogP) is 2.98. The predicted molar refractivity (Wildman–Crippen MR) is 97.7 cm³/mol. The first kappa shape index (κ1) is 16.1. The fraction of sp³-hybridized carbons (Fsp3) is 0.353. The van der Waals surface area contributed by atoms with E-state index in [0.29, 0.717) is 12.6 Å². The second-order valence-electron chi connectivity index (χ2n) is 6.33. The summed E-state index contributed by atoms with van der Waals surface area (Å²) in [4.78, 5) is 4.69. The quantitative estimate of drug-likeness (QED) is 0.450. The van der Waals surface area contributed by atoms with Gasteiger partial charge in [0, 0.05) is 35.0 Å². The summed E-state index contributed by atoms with van der Waals surface area (Å²) < 4.78 is 3.69. The molecule has 3 aromatic rings. The molecule has 1 fully saturated rings. The largest absolute Gasteiger partial charge is 0.367 e. The van der Waals surface area contributed by atoms with Crippen LogP contribution in [-0.4, -0.2) is 25.8 Å². The Morgan fingerprint density at radius 1 is 1.36 bits per heavy atom. The van der Waals surface area contributed by atoms with Gasteiger partial charge in [0.25, 0.3) is 0 Å². The highest BCUT2D eigenvalue weighted by Gasteiger charge is 2.17. The number of pyridine rings is 1. The minimum absolute atomic E-state index is 0.493. The third-order valence-electron chi connectivity index (χ3n) is 4.46. The smallest absolute Gasteiger partial charge is 0.227 e. The number of anilines is 2. The van der Waals surface area contributed by atoms with Crippen LogP contribution in [-0.2, 0) is 6.54 Å². The molecular weight excluding hydrogens is 384 g/mol. The lowest BCUT2D eigenvalue weighted by molar-refractivity contribution is -0.905. The molecule has 0 aromatic carbocycles. The van der Waals surface area contributed by atoms with Crippen molar-refractivity contribution in [2.45, 2.75) is 38.3 Å². The number of fused-ring (bicyclic) bond motifs is 1. The van der Waals surface area contributed by atoms with E-state index >= 15 is 0 Å². The third kappa shape index (κ3) is 3.53. The molecule has 1 aliphatic carbocycles. The molecule has 0 saturated heterocycles. The SMILES string of the molecule is O[n+]1cccc(CNc2cc(NC3CCCC3)nc3c(Br)cnn23)c1. The lowest BCUT2D eigenvalue weighted by Gasteiger charge is -2.15. The Bertz CT molecular complexity index is 890. The van der Waals surface area contributed by atoms with Gasteiger partial charge in [0.15, 0.2) is 5.65 Å². The molecular formula is C17H20BrN6O+. The summed E-state index contributed by atoms with van der Waals surface area (Å²) in [5.41, 5.74) is 1.74. The fourth-order valence-electron chi connectivity index (χ4n) is 3.22. The zero-order valence-corrected chi connectivity index (χ0v) is 15.3.